The quantitative estimate of drug-likeness (QED) is 0.722. The van der Waals surface area contributed by atoms with Gasteiger partial charge in [-0.2, -0.15) is 5.26 Å². The molecule has 3 aromatic rings. The second-order valence-electron chi connectivity index (χ2n) is 7.25. The number of hydrogen-bond donors (Lipinski definition) is 1. The average Bonchev–Trinajstić information content (AvgIpc) is 3.15. The molecule has 1 aromatic carbocycles. The van der Waals surface area contributed by atoms with Crippen LogP contribution in [-0.4, -0.2) is 44.3 Å². The Morgan fingerprint density at radius 1 is 1.17 bits per heavy atom. The van der Waals surface area contributed by atoms with Gasteiger partial charge in [-0.1, -0.05) is 6.07 Å². The number of anilines is 1. The molecule has 1 saturated heterocycles. The van der Waals surface area contributed by atoms with Crippen molar-refractivity contribution in [1.82, 2.24) is 19.4 Å². The number of imidazole rings is 1. The summed E-state index contributed by atoms with van der Waals surface area (Å²) in [6, 6.07) is 10.2. The molecule has 30 heavy (non-hydrogen) atoms. The summed E-state index contributed by atoms with van der Waals surface area (Å²) in [6.07, 6.45) is 4.78. The van der Waals surface area contributed by atoms with Crippen LogP contribution in [0, 0.1) is 11.3 Å². The van der Waals surface area contributed by atoms with Crippen molar-refractivity contribution in [3.05, 3.63) is 53.2 Å². The number of nitrogens with one attached hydrogen (secondary N) is 1. The Morgan fingerprint density at radius 3 is 2.70 bits per heavy atom. The van der Waals surface area contributed by atoms with Crippen LogP contribution < -0.4 is 5.32 Å². The smallest absolute Gasteiger partial charge is 0.258 e. The normalized spacial score (nSPS) is 13.8. The average molecular weight is 402 g/mol. The number of carbonyl (C=O) groups is 2. The number of nitriles is 1. The molecule has 0 aliphatic carbocycles. The van der Waals surface area contributed by atoms with Gasteiger partial charge < -0.3 is 4.90 Å². The third-order valence-electron chi connectivity index (χ3n) is 5.27. The number of hydrogen-bond acceptors (Lipinski definition) is 5. The number of pyridine rings is 1. The second kappa shape index (κ2) is 8.33. The number of aryl methyl sites for hydroxylation is 1. The molecule has 0 unspecified atom stereocenters. The lowest BCUT2D eigenvalue weighted by Gasteiger charge is -2.26. The fraction of sp³-hybridized carbons (Fsp3) is 0.318. The number of aromatic nitrogens is 3. The molecule has 2 aromatic heterocycles. The number of piperidine rings is 1. The van der Waals surface area contributed by atoms with Crippen LogP contribution in [0.2, 0.25) is 0 Å². The maximum absolute atomic E-state index is 12.8. The van der Waals surface area contributed by atoms with Gasteiger partial charge in [0.1, 0.15) is 5.52 Å². The van der Waals surface area contributed by atoms with Gasteiger partial charge in [-0.15, -0.1) is 0 Å². The number of rotatable bonds is 4. The molecule has 1 aliphatic heterocycles. The van der Waals surface area contributed by atoms with Crippen LogP contribution in [0.4, 0.5) is 5.95 Å². The lowest BCUT2D eigenvalue weighted by molar-refractivity contribution is 0.0724. The standard InChI is InChI=1S/C22H22N6O2/c1-2-28-19-18(12-17(14-24-19)21(30)27-9-4-3-5-10-27)25-22(28)26-20(29)16-8-6-7-15(11-16)13-23/h6-8,11-12,14H,2-5,9-10H2,1H3,(H,25,26,29). The maximum atomic E-state index is 12.8. The van der Waals surface area contributed by atoms with Gasteiger partial charge >= 0.3 is 0 Å². The van der Waals surface area contributed by atoms with Gasteiger partial charge in [0, 0.05) is 31.4 Å². The number of fused-ring (bicyclic) bond motifs is 1. The summed E-state index contributed by atoms with van der Waals surface area (Å²) in [5, 5.41) is 11.8. The third kappa shape index (κ3) is 3.74. The SMILES string of the molecule is CCn1c(NC(=O)c2cccc(C#N)c2)nc2cc(C(=O)N3CCCCC3)cnc21. The first-order chi connectivity index (χ1) is 14.6. The largest absolute Gasteiger partial charge is 0.339 e. The highest BCUT2D eigenvalue weighted by molar-refractivity contribution is 6.04. The molecule has 0 bridgehead atoms. The van der Waals surface area contributed by atoms with Crippen molar-refractivity contribution in [1.29, 1.82) is 5.26 Å². The van der Waals surface area contributed by atoms with Crippen LogP contribution in [0.25, 0.3) is 11.2 Å². The molecule has 8 nitrogen and oxygen atoms in total. The van der Waals surface area contributed by atoms with E-state index in [-0.39, 0.29) is 11.8 Å². The molecule has 0 saturated carbocycles. The fourth-order valence-electron chi connectivity index (χ4n) is 3.71. The van der Waals surface area contributed by atoms with Crippen LogP contribution in [-0.2, 0) is 6.54 Å². The summed E-state index contributed by atoms with van der Waals surface area (Å²) in [6.45, 7) is 4.02. The Bertz CT molecular complexity index is 1150. The minimum absolute atomic E-state index is 0.0333. The van der Waals surface area contributed by atoms with E-state index in [2.05, 4.69) is 15.3 Å². The number of nitrogens with zero attached hydrogens (tertiary/aromatic N) is 5. The van der Waals surface area contributed by atoms with Crippen LogP contribution in [0.15, 0.2) is 36.5 Å². The topological polar surface area (TPSA) is 104 Å². The highest BCUT2D eigenvalue weighted by Crippen LogP contribution is 2.21. The molecule has 2 amide bonds. The number of likely N-dealkylation sites (tertiary alicyclic amines) is 1. The summed E-state index contributed by atoms with van der Waals surface area (Å²) in [4.78, 5) is 36.3. The molecular weight excluding hydrogens is 380 g/mol. The lowest BCUT2D eigenvalue weighted by Crippen LogP contribution is -2.35. The highest BCUT2D eigenvalue weighted by Gasteiger charge is 2.21. The Labute approximate surface area is 174 Å². The van der Waals surface area contributed by atoms with Crippen molar-refractivity contribution >= 4 is 28.9 Å². The molecular formula is C22H22N6O2. The summed E-state index contributed by atoms with van der Waals surface area (Å²) in [7, 11) is 0. The first kappa shape index (κ1) is 19.6. The van der Waals surface area contributed by atoms with E-state index < -0.39 is 0 Å². The number of amides is 2. The molecule has 152 valence electrons. The molecule has 0 radical (unpaired) electrons. The summed E-state index contributed by atoms with van der Waals surface area (Å²) in [5.74, 6) is -0.0364. The van der Waals surface area contributed by atoms with E-state index in [0.29, 0.717) is 40.3 Å². The monoisotopic (exact) mass is 402 g/mol. The molecule has 4 rings (SSSR count). The van der Waals surface area contributed by atoms with Crippen molar-refractivity contribution in [2.75, 3.05) is 18.4 Å². The Hall–Kier alpha value is -3.73. The Morgan fingerprint density at radius 2 is 1.97 bits per heavy atom. The molecule has 0 atom stereocenters. The van der Waals surface area contributed by atoms with Gasteiger partial charge in [0.25, 0.3) is 11.8 Å². The van der Waals surface area contributed by atoms with Crippen LogP contribution >= 0.6 is 0 Å². The van der Waals surface area contributed by atoms with E-state index in [4.69, 9.17) is 5.26 Å². The van der Waals surface area contributed by atoms with Crippen LogP contribution in [0.1, 0.15) is 52.5 Å². The molecule has 1 N–H and O–H groups in total. The van der Waals surface area contributed by atoms with Crippen molar-refractivity contribution in [2.45, 2.75) is 32.7 Å². The molecule has 0 spiro atoms. The lowest BCUT2D eigenvalue weighted by atomic mass is 10.1. The van der Waals surface area contributed by atoms with Crippen LogP contribution in [0.3, 0.4) is 0 Å². The first-order valence-corrected chi connectivity index (χ1v) is 10.1. The molecule has 8 heteroatoms. The van der Waals surface area contributed by atoms with Gasteiger partial charge in [0.2, 0.25) is 5.95 Å². The van der Waals surface area contributed by atoms with E-state index in [0.717, 1.165) is 32.4 Å². The summed E-state index contributed by atoms with van der Waals surface area (Å²) >= 11 is 0. The molecule has 1 fully saturated rings. The van der Waals surface area contributed by atoms with Crippen molar-refractivity contribution in [3.8, 4) is 6.07 Å². The zero-order valence-corrected chi connectivity index (χ0v) is 16.8. The highest BCUT2D eigenvalue weighted by atomic mass is 16.2. The van der Waals surface area contributed by atoms with E-state index in [1.54, 1.807) is 35.0 Å². The Kier molecular flexibility index (Phi) is 5.44. The van der Waals surface area contributed by atoms with E-state index in [1.807, 2.05) is 17.9 Å². The van der Waals surface area contributed by atoms with Gasteiger partial charge in [-0.3, -0.25) is 19.5 Å². The van der Waals surface area contributed by atoms with Gasteiger partial charge in [0.05, 0.1) is 17.2 Å². The molecule has 3 heterocycles. The zero-order valence-electron chi connectivity index (χ0n) is 16.8. The maximum Gasteiger partial charge on any atom is 0.258 e. The van der Waals surface area contributed by atoms with E-state index >= 15 is 0 Å². The van der Waals surface area contributed by atoms with E-state index in [1.165, 1.54) is 6.07 Å². The van der Waals surface area contributed by atoms with Crippen molar-refractivity contribution in [2.24, 2.45) is 0 Å². The Balaban J connectivity index is 1.62. The summed E-state index contributed by atoms with van der Waals surface area (Å²) in [5.41, 5.74) is 2.45. The van der Waals surface area contributed by atoms with Crippen molar-refractivity contribution < 1.29 is 9.59 Å². The van der Waals surface area contributed by atoms with Crippen molar-refractivity contribution in [3.63, 3.8) is 0 Å². The van der Waals surface area contributed by atoms with Gasteiger partial charge in [0.15, 0.2) is 5.65 Å². The number of carbonyl (C=O) groups excluding carboxylic acids is 2. The summed E-state index contributed by atoms with van der Waals surface area (Å²) < 4.78 is 1.79. The molecule has 1 aliphatic rings. The predicted molar refractivity (Wildman–Crippen MR) is 112 cm³/mol. The minimum atomic E-state index is -0.360. The first-order valence-electron chi connectivity index (χ1n) is 10.1. The predicted octanol–water partition coefficient (Wildman–Crippen LogP) is 3.20. The fourth-order valence-corrected chi connectivity index (χ4v) is 3.71. The zero-order chi connectivity index (χ0) is 21.1. The van der Waals surface area contributed by atoms with Crippen LogP contribution in [0.5, 0.6) is 0 Å². The number of benzene rings is 1. The van der Waals surface area contributed by atoms with Gasteiger partial charge in [-0.05, 0) is 50.5 Å². The second-order valence-corrected chi connectivity index (χ2v) is 7.25. The minimum Gasteiger partial charge on any atom is -0.339 e. The third-order valence-corrected chi connectivity index (χ3v) is 5.27. The van der Waals surface area contributed by atoms with Gasteiger partial charge in [-0.25, -0.2) is 9.97 Å². The van der Waals surface area contributed by atoms with E-state index in [9.17, 15) is 9.59 Å².